The number of anilines is 2. The molecule has 10 heteroatoms. The van der Waals surface area contributed by atoms with Gasteiger partial charge in [-0.15, -0.1) is 0 Å². The van der Waals surface area contributed by atoms with Crippen LogP contribution < -0.4 is 10.1 Å². The van der Waals surface area contributed by atoms with E-state index in [0.717, 1.165) is 22.4 Å². The molecule has 0 spiro atoms. The average Bonchev–Trinajstić information content (AvgIpc) is 3.17. The fraction of sp³-hybridized carbons (Fsp3) is 0.471. The monoisotopic (exact) mass is 500 g/mol. The van der Waals surface area contributed by atoms with Crippen LogP contribution in [0.5, 0.6) is 5.88 Å². The Morgan fingerprint density at radius 3 is 2.89 bits per heavy atom. The van der Waals surface area contributed by atoms with E-state index in [9.17, 15) is 5.11 Å². The molecule has 0 bridgehead atoms. The van der Waals surface area contributed by atoms with Crippen molar-refractivity contribution in [1.82, 2.24) is 23.7 Å². The van der Waals surface area contributed by atoms with Crippen molar-refractivity contribution in [3.63, 3.8) is 0 Å². The Kier molecular flexibility index (Phi) is 4.97. The molecule has 0 aliphatic heterocycles. The van der Waals surface area contributed by atoms with Crippen LogP contribution in [0.1, 0.15) is 38.4 Å². The van der Waals surface area contributed by atoms with E-state index in [1.165, 1.54) is 0 Å². The van der Waals surface area contributed by atoms with E-state index >= 15 is 0 Å². The Labute approximate surface area is 173 Å². The van der Waals surface area contributed by atoms with Crippen LogP contribution in [0.15, 0.2) is 18.5 Å². The first-order valence-corrected chi connectivity index (χ1v) is 12.1. The average molecular weight is 500 g/mol. The minimum absolute atomic E-state index is 0.227. The topological polar surface area (TPSA) is 90.0 Å². The molecule has 1 fully saturated rings. The zero-order chi connectivity index (χ0) is 19.2. The lowest BCUT2D eigenvalue weighted by Crippen LogP contribution is -2.42. The molecule has 0 radical (unpaired) electrons. The minimum Gasteiger partial charge on any atom is -0.477 e. The molecule has 0 saturated heterocycles. The molecular formula is C17H21IN6O2S. The van der Waals surface area contributed by atoms with Gasteiger partial charge in [0, 0.05) is 36.5 Å². The third kappa shape index (κ3) is 3.49. The van der Waals surface area contributed by atoms with Gasteiger partial charge in [0.25, 0.3) is 0 Å². The summed E-state index contributed by atoms with van der Waals surface area (Å²) in [6.07, 6.45) is 5.16. The van der Waals surface area contributed by atoms with E-state index < -0.39 is 5.60 Å². The lowest BCUT2D eigenvalue weighted by atomic mass is 9.77. The van der Waals surface area contributed by atoms with Gasteiger partial charge in [-0.05, 0) is 39.7 Å². The van der Waals surface area contributed by atoms with Gasteiger partial charge >= 0.3 is 0 Å². The first-order valence-electron chi connectivity index (χ1n) is 8.76. The van der Waals surface area contributed by atoms with Gasteiger partial charge in [0.1, 0.15) is 0 Å². The molecule has 0 unspecified atom stereocenters. The molecule has 4 rings (SSSR count). The van der Waals surface area contributed by atoms with Gasteiger partial charge < -0.3 is 15.2 Å². The number of hydrogen-bond donors (Lipinski definition) is 2. The van der Waals surface area contributed by atoms with Crippen molar-refractivity contribution in [1.29, 1.82) is 0 Å². The molecule has 0 amide bonds. The summed E-state index contributed by atoms with van der Waals surface area (Å²) in [6.45, 7) is 6.34. The Balaban J connectivity index is 1.64. The SMILES string of the molecule is CCOc1nc(Nc2cnn(C3CC(C)(O)C3)c2C)nc2c1ccn2SI. The standard InChI is InChI=1S/C17H21IN6O2S/c1-4-26-15-12-5-6-23(27-18)14(12)21-16(22-15)20-13-9-19-24(10(13)2)11-7-17(3,25)8-11/h5-6,9,11,25H,4,7-8H2,1-3H3,(H,20,21,22). The smallest absolute Gasteiger partial charge is 0.232 e. The maximum absolute atomic E-state index is 9.99. The molecule has 27 heavy (non-hydrogen) atoms. The second kappa shape index (κ2) is 7.13. The van der Waals surface area contributed by atoms with Crippen LogP contribution in [-0.2, 0) is 0 Å². The summed E-state index contributed by atoms with van der Waals surface area (Å²) in [5.41, 5.74) is 2.06. The van der Waals surface area contributed by atoms with E-state index in [4.69, 9.17) is 4.74 Å². The molecule has 1 saturated carbocycles. The number of nitrogens with one attached hydrogen (secondary N) is 1. The number of rotatable bonds is 6. The van der Waals surface area contributed by atoms with Crippen molar-refractivity contribution in [2.24, 2.45) is 0 Å². The third-order valence-electron chi connectivity index (χ3n) is 4.82. The van der Waals surface area contributed by atoms with Gasteiger partial charge in [-0.2, -0.15) is 15.1 Å². The molecule has 8 nitrogen and oxygen atoms in total. The Bertz CT molecular complexity index is 977. The van der Waals surface area contributed by atoms with Crippen molar-refractivity contribution >= 4 is 53.0 Å². The van der Waals surface area contributed by atoms with Crippen LogP contribution in [0.4, 0.5) is 11.6 Å². The largest absolute Gasteiger partial charge is 0.477 e. The second-order valence-corrected chi connectivity index (χ2v) is 8.72. The summed E-state index contributed by atoms with van der Waals surface area (Å²) in [4.78, 5) is 9.19. The normalized spacial score (nSPS) is 22.0. The quantitative estimate of drug-likeness (QED) is 0.495. The summed E-state index contributed by atoms with van der Waals surface area (Å²) in [6, 6.07) is 2.19. The molecule has 3 aromatic rings. The van der Waals surface area contributed by atoms with Gasteiger partial charge in [-0.3, -0.25) is 8.65 Å². The molecule has 1 aliphatic carbocycles. The van der Waals surface area contributed by atoms with Gasteiger partial charge in [0.2, 0.25) is 11.8 Å². The lowest BCUT2D eigenvalue weighted by molar-refractivity contribution is -0.0548. The fourth-order valence-corrected chi connectivity index (χ4v) is 4.75. The highest BCUT2D eigenvalue weighted by Gasteiger charge is 2.40. The van der Waals surface area contributed by atoms with Crippen molar-refractivity contribution in [2.75, 3.05) is 11.9 Å². The maximum atomic E-state index is 9.99. The van der Waals surface area contributed by atoms with Crippen LogP contribution >= 0.6 is 30.3 Å². The van der Waals surface area contributed by atoms with Gasteiger partial charge in [0.05, 0.1) is 41.2 Å². The predicted octanol–water partition coefficient (Wildman–Crippen LogP) is 4.01. The summed E-state index contributed by atoms with van der Waals surface area (Å²) < 4.78 is 9.65. The fourth-order valence-electron chi connectivity index (χ4n) is 3.49. The lowest BCUT2D eigenvalue weighted by Gasteiger charge is -2.41. The molecule has 144 valence electrons. The summed E-state index contributed by atoms with van der Waals surface area (Å²) in [5.74, 6) is 1.04. The van der Waals surface area contributed by atoms with Crippen LogP contribution in [0.3, 0.4) is 0 Å². The molecular weight excluding hydrogens is 479 g/mol. The van der Waals surface area contributed by atoms with Gasteiger partial charge in [-0.25, -0.2) is 0 Å². The van der Waals surface area contributed by atoms with Crippen LogP contribution in [0, 0.1) is 6.92 Å². The zero-order valence-electron chi connectivity index (χ0n) is 15.3. The highest BCUT2D eigenvalue weighted by molar-refractivity contribution is 14.2. The van der Waals surface area contributed by atoms with Gasteiger partial charge in [0.15, 0.2) is 5.65 Å². The third-order valence-corrected chi connectivity index (χ3v) is 6.54. The Hall–Kier alpha value is -1.53. The predicted molar refractivity (Wildman–Crippen MR) is 115 cm³/mol. The van der Waals surface area contributed by atoms with E-state index in [1.807, 2.05) is 41.7 Å². The van der Waals surface area contributed by atoms with Gasteiger partial charge in [-0.1, -0.05) is 0 Å². The number of halogens is 1. The molecule has 3 heterocycles. The number of aliphatic hydroxyl groups is 1. The zero-order valence-corrected chi connectivity index (χ0v) is 18.3. The van der Waals surface area contributed by atoms with Crippen LogP contribution in [0.25, 0.3) is 11.0 Å². The first kappa shape index (κ1) is 18.8. The Morgan fingerprint density at radius 1 is 1.44 bits per heavy atom. The van der Waals surface area contributed by atoms with Crippen molar-refractivity contribution in [2.45, 2.75) is 45.3 Å². The highest BCUT2D eigenvalue weighted by atomic mass is 127. The summed E-state index contributed by atoms with van der Waals surface area (Å²) in [7, 11) is 1.54. The number of fused-ring (bicyclic) bond motifs is 1. The molecule has 0 aromatic carbocycles. The maximum Gasteiger partial charge on any atom is 0.232 e. The van der Waals surface area contributed by atoms with Crippen LogP contribution in [-0.4, -0.2) is 41.0 Å². The number of hydrogen-bond acceptors (Lipinski definition) is 7. The van der Waals surface area contributed by atoms with Crippen LogP contribution in [0.2, 0.25) is 0 Å². The molecule has 2 N–H and O–H groups in total. The second-order valence-electron chi connectivity index (χ2n) is 7.01. The molecule has 1 aliphatic rings. The highest BCUT2D eigenvalue weighted by Crippen LogP contribution is 2.42. The number of nitrogens with zero attached hydrogens (tertiary/aromatic N) is 5. The van der Waals surface area contributed by atoms with E-state index in [1.54, 1.807) is 15.3 Å². The number of aromatic nitrogens is 5. The Morgan fingerprint density at radius 2 is 2.22 bits per heavy atom. The molecule has 3 aromatic heterocycles. The van der Waals surface area contributed by atoms with Crippen molar-refractivity contribution in [3.05, 3.63) is 24.2 Å². The molecule has 0 atom stereocenters. The van der Waals surface area contributed by atoms with E-state index in [-0.39, 0.29) is 6.04 Å². The van der Waals surface area contributed by atoms with Crippen molar-refractivity contribution in [3.8, 4) is 5.88 Å². The first-order chi connectivity index (χ1) is 12.9. The van der Waals surface area contributed by atoms with Crippen molar-refractivity contribution < 1.29 is 9.84 Å². The summed E-state index contributed by atoms with van der Waals surface area (Å²) in [5, 5.41) is 18.6. The van der Waals surface area contributed by atoms with E-state index in [2.05, 4.69) is 41.6 Å². The summed E-state index contributed by atoms with van der Waals surface area (Å²) >= 11 is 2.22. The van der Waals surface area contributed by atoms with E-state index in [0.29, 0.717) is 31.3 Å². The minimum atomic E-state index is -0.584. The number of ether oxygens (including phenoxy) is 1.